The van der Waals surface area contributed by atoms with E-state index in [-0.39, 0.29) is 0 Å². The Balaban J connectivity index is 2.08. The topological polar surface area (TPSA) is 112 Å². The van der Waals surface area contributed by atoms with Crippen molar-refractivity contribution in [1.82, 2.24) is 0 Å². The minimum absolute atomic E-state index is 0.496. The standard InChI is InChI=1S/C14H19NO6/c1-20-9-4-2-8(3-5-9)6-15-11-13(18)12(17)10(7-16)21-14(11)19/h2-6,10-14,16-19H,7H2,1H3/b15-6+. The Bertz CT molecular complexity index is 477. The molecule has 1 aromatic rings. The molecule has 21 heavy (non-hydrogen) atoms. The van der Waals surface area contributed by atoms with Crippen molar-refractivity contribution in [2.75, 3.05) is 13.7 Å². The molecule has 2 rings (SSSR count). The highest BCUT2D eigenvalue weighted by Crippen LogP contribution is 2.22. The first-order chi connectivity index (χ1) is 10.1. The molecule has 1 heterocycles. The smallest absolute Gasteiger partial charge is 0.180 e. The van der Waals surface area contributed by atoms with E-state index in [1.807, 2.05) is 0 Å². The molecule has 0 aromatic heterocycles. The summed E-state index contributed by atoms with van der Waals surface area (Å²) in [5.41, 5.74) is 0.744. The first kappa shape index (κ1) is 15.9. The monoisotopic (exact) mass is 297 g/mol. The number of aliphatic hydroxyl groups excluding tert-OH is 4. The van der Waals surface area contributed by atoms with Crippen LogP contribution in [-0.2, 0) is 4.74 Å². The zero-order chi connectivity index (χ0) is 15.4. The zero-order valence-electron chi connectivity index (χ0n) is 11.5. The summed E-state index contributed by atoms with van der Waals surface area (Å²) in [5, 5.41) is 38.5. The van der Waals surface area contributed by atoms with Crippen LogP contribution >= 0.6 is 0 Å². The van der Waals surface area contributed by atoms with E-state index in [0.717, 1.165) is 5.56 Å². The molecule has 7 heteroatoms. The molecule has 1 aliphatic rings. The van der Waals surface area contributed by atoms with Gasteiger partial charge in [0.25, 0.3) is 0 Å². The molecule has 5 atom stereocenters. The van der Waals surface area contributed by atoms with Crippen molar-refractivity contribution in [3.63, 3.8) is 0 Å². The van der Waals surface area contributed by atoms with Crippen LogP contribution in [0.25, 0.3) is 0 Å². The molecule has 7 nitrogen and oxygen atoms in total. The molecule has 0 aliphatic carbocycles. The van der Waals surface area contributed by atoms with Gasteiger partial charge in [0, 0.05) is 6.21 Å². The van der Waals surface area contributed by atoms with Gasteiger partial charge in [-0.2, -0.15) is 0 Å². The molecule has 1 aromatic carbocycles. The Hall–Kier alpha value is -1.51. The quantitative estimate of drug-likeness (QED) is 0.526. The Morgan fingerprint density at radius 3 is 2.43 bits per heavy atom. The van der Waals surface area contributed by atoms with E-state index < -0.39 is 37.3 Å². The summed E-state index contributed by atoms with van der Waals surface area (Å²) in [6, 6.07) is 6.00. The lowest BCUT2D eigenvalue weighted by atomic mass is 9.97. The van der Waals surface area contributed by atoms with E-state index in [2.05, 4.69) is 4.99 Å². The second-order valence-corrected chi connectivity index (χ2v) is 4.77. The SMILES string of the molecule is COc1ccc(/C=N/C2C(O)OC(CO)C(O)C2O)cc1. The fourth-order valence-corrected chi connectivity index (χ4v) is 2.11. The molecular weight excluding hydrogens is 278 g/mol. The van der Waals surface area contributed by atoms with Crippen LogP contribution in [0.5, 0.6) is 5.75 Å². The van der Waals surface area contributed by atoms with Crippen molar-refractivity contribution in [3.05, 3.63) is 29.8 Å². The van der Waals surface area contributed by atoms with Crippen molar-refractivity contribution in [2.24, 2.45) is 4.99 Å². The number of aliphatic hydroxyl groups is 4. The molecule has 4 N–H and O–H groups in total. The highest BCUT2D eigenvalue weighted by Gasteiger charge is 2.43. The van der Waals surface area contributed by atoms with Gasteiger partial charge in [-0.15, -0.1) is 0 Å². The Kier molecular flexibility index (Phi) is 5.27. The number of rotatable bonds is 4. The molecule has 116 valence electrons. The third-order valence-electron chi connectivity index (χ3n) is 3.38. The fraction of sp³-hybridized carbons (Fsp3) is 0.500. The van der Waals surface area contributed by atoms with Gasteiger partial charge in [-0.25, -0.2) is 0 Å². The van der Waals surface area contributed by atoms with Crippen molar-refractivity contribution in [1.29, 1.82) is 0 Å². The number of hydrogen-bond donors (Lipinski definition) is 4. The van der Waals surface area contributed by atoms with Crippen LogP contribution in [0.4, 0.5) is 0 Å². The second kappa shape index (κ2) is 6.97. The summed E-state index contributed by atoms with van der Waals surface area (Å²) >= 11 is 0. The van der Waals surface area contributed by atoms with Crippen LogP contribution in [0.3, 0.4) is 0 Å². The summed E-state index contributed by atoms with van der Waals surface area (Å²) < 4.78 is 10.1. The minimum Gasteiger partial charge on any atom is -0.497 e. The summed E-state index contributed by atoms with van der Waals surface area (Å²) in [7, 11) is 1.56. The predicted molar refractivity (Wildman–Crippen MR) is 74.4 cm³/mol. The third kappa shape index (κ3) is 3.58. The van der Waals surface area contributed by atoms with Crippen molar-refractivity contribution in [2.45, 2.75) is 30.6 Å². The summed E-state index contributed by atoms with van der Waals surface area (Å²) in [6.45, 7) is -0.496. The molecule has 5 unspecified atom stereocenters. The van der Waals surface area contributed by atoms with Gasteiger partial charge in [0.2, 0.25) is 0 Å². The van der Waals surface area contributed by atoms with Crippen molar-refractivity contribution < 1.29 is 29.9 Å². The van der Waals surface area contributed by atoms with Gasteiger partial charge in [0.05, 0.1) is 13.7 Å². The van der Waals surface area contributed by atoms with Gasteiger partial charge in [0.1, 0.15) is 30.1 Å². The molecule has 0 radical (unpaired) electrons. The largest absolute Gasteiger partial charge is 0.497 e. The maximum Gasteiger partial charge on any atom is 0.180 e. The molecular formula is C14H19NO6. The van der Waals surface area contributed by atoms with Crippen LogP contribution in [0.2, 0.25) is 0 Å². The summed E-state index contributed by atoms with van der Waals surface area (Å²) in [4.78, 5) is 4.06. The maximum absolute atomic E-state index is 9.93. The lowest BCUT2D eigenvalue weighted by molar-refractivity contribution is -0.248. The minimum atomic E-state index is -1.39. The molecule has 0 bridgehead atoms. The first-order valence-corrected chi connectivity index (χ1v) is 6.54. The first-order valence-electron chi connectivity index (χ1n) is 6.54. The van der Waals surface area contributed by atoms with Crippen LogP contribution in [0.1, 0.15) is 5.56 Å². The Morgan fingerprint density at radius 1 is 1.19 bits per heavy atom. The van der Waals surface area contributed by atoms with Crippen LogP contribution in [0.15, 0.2) is 29.3 Å². The zero-order valence-corrected chi connectivity index (χ0v) is 11.5. The summed E-state index contributed by atoms with van der Waals surface area (Å²) in [6.07, 6.45) is -3.58. The molecule has 1 fully saturated rings. The number of nitrogens with zero attached hydrogens (tertiary/aromatic N) is 1. The number of hydrogen-bond acceptors (Lipinski definition) is 7. The average Bonchev–Trinajstić information content (AvgIpc) is 2.51. The van der Waals surface area contributed by atoms with Crippen molar-refractivity contribution in [3.8, 4) is 5.75 Å². The number of methoxy groups -OCH3 is 1. The van der Waals surface area contributed by atoms with Gasteiger partial charge >= 0.3 is 0 Å². The highest BCUT2D eigenvalue weighted by atomic mass is 16.6. The fourth-order valence-electron chi connectivity index (χ4n) is 2.11. The van der Waals surface area contributed by atoms with Crippen LogP contribution < -0.4 is 4.74 Å². The predicted octanol–water partition coefficient (Wildman–Crippen LogP) is -1.09. The molecule has 1 saturated heterocycles. The Labute approximate surface area is 122 Å². The van der Waals surface area contributed by atoms with Crippen molar-refractivity contribution >= 4 is 6.21 Å². The lowest BCUT2D eigenvalue weighted by Crippen LogP contribution is -2.57. The van der Waals surface area contributed by atoms with Gasteiger partial charge in [-0.05, 0) is 29.8 Å². The normalized spacial score (nSPS) is 33.3. The molecule has 1 aliphatic heterocycles. The van der Waals surface area contributed by atoms with Gasteiger partial charge < -0.3 is 29.9 Å². The van der Waals surface area contributed by atoms with Gasteiger partial charge in [0.15, 0.2) is 6.29 Å². The average molecular weight is 297 g/mol. The van der Waals surface area contributed by atoms with E-state index in [1.165, 1.54) is 6.21 Å². The second-order valence-electron chi connectivity index (χ2n) is 4.77. The number of ether oxygens (including phenoxy) is 2. The highest BCUT2D eigenvalue weighted by molar-refractivity contribution is 5.79. The van der Waals surface area contributed by atoms with Crippen LogP contribution in [-0.4, -0.2) is 71.0 Å². The van der Waals surface area contributed by atoms with E-state index in [9.17, 15) is 15.3 Å². The lowest BCUT2D eigenvalue weighted by Gasteiger charge is -2.38. The van der Waals surface area contributed by atoms with E-state index in [4.69, 9.17) is 14.6 Å². The number of benzene rings is 1. The van der Waals surface area contributed by atoms with E-state index >= 15 is 0 Å². The maximum atomic E-state index is 9.93. The van der Waals surface area contributed by atoms with E-state index in [0.29, 0.717) is 5.75 Å². The van der Waals surface area contributed by atoms with E-state index in [1.54, 1.807) is 31.4 Å². The molecule has 0 saturated carbocycles. The third-order valence-corrected chi connectivity index (χ3v) is 3.38. The molecule has 0 amide bonds. The summed E-state index contributed by atoms with van der Waals surface area (Å²) in [5.74, 6) is 0.703. The van der Waals surface area contributed by atoms with Gasteiger partial charge in [-0.1, -0.05) is 0 Å². The van der Waals surface area contributed by atoms with Gasteiger partial charge in [-0.3, -0.25) is 4.99 Å². The van der Waals surface area contributed by atoms with Crippen LogP contribution in [0, 0.1) is 0 Å². The Morgan fingerprint density at radius 2 is 1.86 bits per heavy atom. The number of aliphatic imine (C=N–C) groups is 1. The molecule has 0 spiro atoms.